The van der Waals surface area contributed by atoms with Gasteiger partial charge in [0.15, 0.2) is 0 Å². The number of hydrogen-bond acceptors (Lipinski definition) is 4. The SMILES string of the molecule is CC(=O)[O-].CC[O-].CC[O-].[NH4+].[NH4+].[NH4+]. The molecule has 13 heavy (non-hydrogen) atoms. The number of aliphatic carboxylic acids is 1. The first-order valence-electron chi connectivity index (χ1n) is 2.90. The van der Waals surface area contributed by atoms with Gasteiger partial charge in [0.25, 0.3) is 0 Å². The van der Waals surface area contributed by atoms with Crippen molar-refractivity contribution in [2.75, 3.05) is 13.2 Å². The maximum atomic E-state index is 8.93. The van der Waals surface area contributed by atoms with Crippen molar-refractivity contribution >= 4 is 5.97 Å². The van der Waals surface area contributed by atoms with Crippen molar-refractivity contribution in [2.45, 2.75) is 20.8 Å². The van der Waals surface area contributed by atoms with Gasteiger partial charge in [-0.1, -0.05) is 13.8 Å². The molecular weight excluding hydrogens is 178 g/mol. The first-order valence-corrected chi connectivity index (χ1v) is 2.90. The number of quaternary nitrogens is 3. The fourth-order valence-corrected chi connectivity index (χ4v) is 0. The summed E-state index contributed by atoms with van der Waals surface area (Å²) in [5.41, 5.74) is 0. The molecule has 12 N–H and O–H groups in total. The highest BCUT2D eigenvalue weighted by Crippen LogP contribution is 1.31. The summed E-state index contributed by atoms with van der Waals surface area (Å²) < 4.78 is 0. The monoisotopic (exact) mass is 203 g/mol. The van der Waals surface area contributed by atoms with Crippen LogP contribution in [0.25, 0.3) is 0 Å². The minimum atomic E-state index is -1.08. The van der Waals surface area contributed by atoms with E-state index in [9.17, 15) is 0 Å². The molecule has 0 radical (unpaired) electrons. The maximum absolute atomic E-state index is 8.93. The van der Waals surface area contributed by atoms with Gasteiger partial charge >= 0.3 is 0 Å². The van der Waals surface area contributed by atoms with Gasteiger partial charge in [0.05, 0.1) is 0 Å². The van der Waals surface area contributed by atoms with Gasteiger partial charge in [0.1, 0.15) is 0 Å². The number of carbonyl (C=O) groups is 1. The molecule has 0 spiro atoms. The van der Waals surface area contributed by atoms with Gasteiger partial charge in [-0.2, -0.15) is 0 Å². The second kappa shape index (κ2) is 65.2. The first-order chi connectivity index (χ1) is 4.56. The van der Waals surface area contributed by atoms with E-state index < -0.39 is 5.97 Å². The molecule has 0 amide bonds. The average Bonchev–Trinajstić information content (AvgIpc) is 1.65. The molecule has 0 saturated heterocycles. The summed E-state index contributed by atoms with van der Waals surface area (Å²) in [5, 5.41) is 26.8. The molecule has 0 fully saturated rings. The van der Waals surface area contributed by atoms with E-state index in [4.69, 9.17) is 20.1 Å². The Morgan fingerprint density at radius 3 is 1.00 bits per heavy atom. The lowest BCUT2D eigenvalue weighted by Crippen LogP contribution is -2.16. The molecule has 0 saturated carbocycles. The summed E-state index contributed by atoms with van der Waals surface area (Å²) in [5.74, 6) is -1.08. The van der Waals surface area contributed by atoms with Gasteiger partial charge in [0, 0.05) is 5.97 Å². The van der Waals surface area contributed by atoms with Crippen molar-refractivity contribution in [3.8, 4) is 0 Å². The topological polar surface area (TPSA) is 196 Å². The van der Waals surface area contributed by atoms with E-state index in [0.29, 0.717) is 0 Å². The van der Waals surface area contributed by atoms with Gasteiger partial charge in [-0.3, -0.25) is 0 Å². The zero-order chi connectivity index (χ0) is 8.99. The van der Waals surface area contributed by atoms with Gasteiger partial charge in [-0.25, -0.2) is 0 Å². The zero-order valence-electron chi connectivity index (χ0n) is 9.55. The number of hydrogen-bond donors (Lipinski definition) is 3. The first kappa shape index (κ1) is 39.6. The third kappa shape index (κ3) is 1820. The Kier molecular flexibility index (Phi) is 199. The van der Waals surface area contributed by atoms with Crippen LogP contribution in [0, 0.1) is 0 Å². The number of carboxylic acid groups (broad SMARTS) is 1. The molecule has 0 atom stereocenters. The van der Waals surface area contributed by atoms with Gasteiger partial charge in [-0.15, -0.1) is 13.2 Å². The Labute approximate surface area is 79.5 Å². The van der Waals surface area contributed by atoms with Crippen LogP contribution >= 0.6 is 0 Å². The minimum Gasteiger partial charge on any atom is -0.855 e. The Morgan fingerprint density at radius 1 is 1.00 bits per heavy atom. The lowest BCUT2D eigenvalue weighted by atomic mass is 10.9. The summed E-state index contributed by atoms with van der Waals surface area (Å²) in [7, 11) is 0. The molecule has 0 aromatic carbocycles. The van der Waals surface area contributed by atoms with Crippen LogP contribution in [0.4, 0.5) is 0 Å². The van der Waals surface area contributed by atoms with E-state index >= 15 is 0 Å². The Morgan fingerprint density at radius 2 is 1.00 bits per heavy atom. The van der Waals surface area contributed by atoms with Gasteiger partial charge < -0.3 is 38.6 Å². The molecular formula is C6H25N3O4. The third-order valence-corrected chi connectivity index (χ3v) is 0. The number of carboxylic acids is 1. The summed E-state index contributed by atoms with van der Waals surface area (Å²) in [6, 6.07) is 0. The molecule has 0 rings (SSSR count). The highest BCUT2D eigenvalue weighted by molar-refractivity contribution is 5.60. The predicted octanol–water partition coefficient (Wildman–Crippen LogP) is -1.38. The van der Waals surface area contributed by atoms with E-state index in [1.165, 1.54) is 0 Å². The van der Waals surface area contributed by atoms with Gasteiger partial charge in [-0.05, 0) is 6.92 Å². The molecule has 0 aliphatic carbocycles. The smallest absolute Gasteiger partial charge is 0.0383 e. The highest BCUT2D eigenvalue weighted by atomic mass is 16.4. The molecule has 0 bridgehead atoms. The van der Waals surface area contributed by atoms with Crippen molar-refractivity contribution in [3.63, 3.8) is 0 Å². The molecule has 0 aliphatic rings. The van der Waals surface area contributed by atoms with Crippen LogP contribution < -0.4 is 33.8 Å². The standard InChI is InChI=1S/C2H4O2.2C2H5O.3H3N/c1-2(3)4;2*1-2-3;;;/h1H3,(H,3,4);2*2H2,1H3;3*1H3/q;2*-1;;;/p+2. The van der Waals surface area contributed by atoms with Crippen LogP contribution in [0.2, 0.25) is 0 Å². The third-order valence-electron chi connectivity index (χ3n) is 0. The summed E-state index contributed by atoms with van der Waals surface area (Å²) in [4.78, 5) is 8.89. The molecule has 0 aromatic rings. The van der Waals surface area contributed by atoms with Crippen molar-refractivity contribution in [1.29, 1.82) is 0 Å². The Bertz CT molecular complexity index is 57.8. The molecule has 7 heteroatoms. The lowest BCUT2D eigenvalue weighted by molar-refractivity contribution is -0.362. The summed E-state index contributed by atoms with van der Waals surface area (Å²) in [6.45, 7) is 4.11. The van der Waals surface area contributed by atoms with Crippen LogP contribution in [-0.2, 0) is 4.79 Å². The second-order valence-electron chi connectivity index (χ2n) is 1.07. The van der Waals surface area contributed by atoms with E-state index in [1.54, 1.807) is 13.8 Å². The van der Waals surface area contributed by atoms with Crippen molar-refractivity contribution in [2.24, 2.45) is 0 Å². The largest absolute Gasteiger partial charge is 0.855 e. The number of rotatable bonds is 0. The fourth-order valence-electron chi connectivity index (χ4n) is 0. The van der Waals surface area contributed by atoms with Crippen LogP contribution in [0.3, 0.4) is 0 Å². The molecule has 88 valence electrons. The van der Waals surface area contributed by atoms with E-state index in [-0.39, 0.29) is 31.7 Å². The summed E-state index contributed by atoms with van der Waals surface area (Å²) in [6.07, 6.45) is 0. The second-order valence-corrected chi connectivity index (χ2v) is 1.07. The molecule has 0 unspecified atom stereocenters. The van der Waals surface area contributed by atoms with E-state index in [0.717, 1.165) is 6.92 Å². The van der Waals surface area contributed by atoms with Crippen LogP contribution in [-0.4, -0.2) is 19.2 Å². The predicted molar refractivity (Wildman–Crippen MR) is 49.7 cm³/mol. The van der Waals surface area contributed by atoms with Crippen LogP contribution in [0.15, 0.2) is 0 Å². The van der Waals surface area contributed by atoms with E-state index in [2.05, 4.69) is 0 Å². The minimum absolute atomic E-state index is 0. The van der Waals surface area contributed by atoms with Crippen molar-refractivity contribution < 1.29 is 20.1 Å². The van der Waals surface area contributed by atoms with Crippen LogP contribution in [0.1, 0.15) is 20.8 Å². The number of carbonyl (C=O) groups excluding carboxylic acids is 1. The van der Waals surface area contributed by atoms with Crippen LogP contribution in [0.5, 0.6) is 0 Å². The van der Waals surface area contributed by atoms with E-state index in [1.807, 2.05) is 0 Å². The quantitative estimate of drug-likeness (QED) is 0.436. The Balaban J connectivity index is -0.0000000128. The lowest BCUT2D eigenvalue weighted by Gasteiger charge is -1.79. The molecule has 7 nitrogen and oxygen atoms in total. The summed E-state index contributed by atoms with van der Waals surface area (Å²) >= 11 is 0. The normalized spacial score (nSPS) is 4.69. The van der Waals surface area contributed by atoms with Crippen molar-refractivity contribution in [3.05, 3.63) is 0 Å². The Hall–Kier alpha value is -0.730. The fraction of sp³-hybridized carbons (Fsp3) is 0.833. The molecule has 0 aromatic heterocycles. The molecule has 0 heterocycles. The molecule has 0 aliphatic heterocycles. The maximum Gasteiger partial charge on any atom is 0.0383 e. The average molecular weight is 203 g/mol. The van der Waals surface area contributed by atoms with Gasteiger partial charge in [0.2, 0.25) is 0 Å². The van der Waals surface area contributed by atoms with Crippen molar-refractivity contribution in [1.82, 2.24) is 18.5 Å². The zero-order valence-corrected chi connectivity index (χ0v) is 9.55. The highest BCUT2D eigenvalue weighted by Gasteiger charge is 1.46.